The van der Waals surface area contributed by atoms with Crippen LogP contribution in [0.4, 0.5) is 14.5 Å². The Hall–Kier alpha value is -3.22. The van der Waals surface area contributed by atoms with E-state index in [1.54, 1.807) is 6.07 Å². The van der Waals surface area contributed by atoms with Gasteiger partial charge in [0.25, 0.3) is 5.91 Å². The smallest absolute Gasteiger partial charge is 0.253 e. The predicted octanol–water partition coefficient (Wildman–Crippen LogP) is 4.91. The van der Waals surface area contributed by atoms with E-state index in [1.165, 1.54) is 28.8 Å². The summed E-state index contributed by atoms with van der Waals surface area (Å²) in [7, 11) is 0. The number of nitrogen functional groups attached to an aromatic ring is 1. The van der Waals surface area contributed by atoms with Crippen molar-refractivity contribution in [3.63, 3.8) is 0 Å². The second-order valence-electron chi connectivity index (χ2n) is 8.02. The Labute approximate surface area is 173 Å². The van der Waals surface area contributed by atoms with Crippen LogP contribution in [0, 0.1) is 17.0 Å². The first-order chi connectivity index (χ1) is 14.1. The van der Waals surface area contributed by atoms with Crippen molar-refractivity contribution < 1.29 is 18.4 Å². The van der Waals surface area contributed by atoms with Crippen LogP contribution in [0.1, 0.15) is 55.0 Å². The first kappa shape index (κ1) is 21.5. The molecule has 0 atom stereocenters. The summed E-state index contributed by atoms with van der Waals surface area (Å²) < 4.78 is 30.0. The van der Waals surface area contributed by atoms with Gasteiger partial charge in [0.05, 0.1) is 11.1 Å². The summed E-state index contributed by atoms with van der Waals surface area (Å²) in [6.45, 7) is 7.95. The molecule has 1 aromatic heterocycles. The monoisotopic (exact) mass is 413 g/mol. The summed E-state index contributed by atoms with van der Waals surface area (Å²) in [4.78, 5) is 24.3. The van der Waals surface area contributed by atoms with Gasteiger partial charge in [-0.05, 0) is 47.7 Å². The Bertz CT molecular complexity index is 1160. The lowest BCUT2D eigenvalue weighted by molar-refractivity contribution is 0.0816. The third-order valence-electron chi connectivity index (χ3n) is 5.21. The molecule has 7 heteroatoms. The fourth-order valence-electron chi connectivity index (χ4n) is 4.12. The van der Waals surface area contributed by atoms with E-state index in [2.05, 4.69) is 0 Å². The Morgan fingerprint density at radius 1 is 1.10 bits per heavy atom. The molecule has 0 fully saturated rings. The molecule has 2 aromatic carbocycles. The zero-order valence-corrected chi connectivity index (χ0v) is 17.5. The van der Waals surface area contributed by atoms with Crippen LogP contribution in [0.2, 0.25) is 0 Å². The van der Waals surface area contributed by atoms with Crippen molar-refractivity contribution in [2.24, 2.45) is 11.1 Å². The molecule has 0 radical (unpaired) electrons. The van der Waals surface area contributed by atoms with E-state index in [1.807, 2.05) is 27.7 Å². The molecule has 4 rings (SSSR count). The first-order valence-corrected chi connectivity index (χ1v) is 9.84. The lowest BCUT2D eigenvalue weighted by Crippen LogP contribution is -2.31. The SMILES string of the molecule is CC.CC1(C)CC(=O)n2c(c(-c3cc(N)c(C(N)=O)c(F)c3)c3ccc(F)cc32)C1. The molecule has 3 aromatic rings. The number of nitrogens with zero attached hydrogens (tertiary/aromatic N) is 1. The first-order valence-electron chi connectivity index (χ1n) is 9.84. The van der Waals surface area contributed by atoms with Crippen LogP contribution >= 0.6 is 0 Å². The second kappa shape index (κ2) is 7.55. The number of halogens is 2. The maximum absolute atomic E-state index is 14.6. The lowest BCUT2D eigenvalue weighted by Gasteiger charge is -2.30. The van der Waals surface area contributed by atoms with Crippen LogP contribution in [0.3, 0.4) is 0 Å². The molecule has 0 saturated carbocycles. The third kappa shape index (κ3) is 3.44. The average molecular weight is 413 g/mol. The van der Waals surface area contributed by atoms with Crippen LogP contribution in [0.25, 0.3) is 22.0 Å². The number of carbonyl (C=O) groups is 2. The summed E-state index contributed by atoms with van der Waals surface area (Å²) in [5, 5.41) is 0.619. The van der Waals surface area contributed by atoms with Gasteiger partial charge >= 0.3 is 0 Å². The van der Waals surface area contributed by atoms with E-state index >= 15 is 0 Å². The highest BCUT2D eigenvalue weighted by Gasteiger charge is 2.35. The molecule has 4 N–H and O–H groups in total. The van der Waals surface area contributed by atoms with E-state index in [0.29, 0.717) is 40.6 Å². The molecule has 30 heavy (non-hydrogen) atoms. The number of fused-ring (bicyclic) bond motifs is 3. The minimum atomic E-state index is -0.955. The second-order valence-corrected chi connectivity index (χ2v) is 8.02. The summed E-state index contributed by atoms with van der Waals surface area (Å²) in [6.07, 6.45) is 0.861. The standard InChI is InChI=1S/C21H19F2N3O2.C2H6/c1-21(2)8-16-18(10-5-13(23)19(20(25)28)14(24)6-10)12-4-3-11(22)7-15(12)26(16)17(27)9-21;1-2/h3-7H,8-9,24H2,1-2H3,(H2,25,28);1-2H3. The van der Waals surface area contributed by atoms with Gasteiger partial charge in [-0.15, -0.1) is 0 Å². The minimum Gasteiger partial charge on any atom is -0.398 e. The molecule has 0 aliphatic carbocycles. The maximum atomic E-state index is 14.6. The molecule has 2 heterocycles. The van der Waals surface area contributed by atoms with Gasteiger partial charge in [0.1, 0.15) is 11.6 Å². The molecule has 0 unspecified atom stereocenters. The maximum Gasteiger partial charge on any atom is 0.253 e. The fourth-order valence-corrected chi connectivity index (χ4v) is 4.12. The van der Waals surface area contributed by atoms with Crippen molar-refractivity contribution in [2.75, 3.05) is 5.73 Å². The Kier molecular flexibility index (Phi) is 5.41. The molecular formula is C23H25F2N3O2. The number of amides is 1. The number of carbonyl (C=O) groups excluding carboxylic acids is 2. The molecule has 0 saturated heterocycles. The van der Waals surface area contributed by atoms with Crippen LogP contribution in [-0.2, 0) is 6.42 Å². The van der Waals surface area contributed by atoms with Gasteiger partial charge in [-0.2, -0.15) is 0 Å². The number of rotatable bonds is 2. The Morgan fingerprint density at radius 2 is 1.77 bits per heavy atom. The minimum absolute atomic E-state index is 0.0842. The van der Waals surface area contributed by atoms with Gasteiger partial charge in [-0.25, -0.2) is 8.78 Å². The third-order valence-corrected chi connectivity index (χ3v) is 5.21. The van der Waals surface area contributed by atoms with Crippen molar-refractivity contribution in [3.8, 4) is 11.1 Å². The number of primary amides is 1. The molecule has 0 bridgehead atoms. The number of benzene rings is 2. The van der Waals surface area contributed by atoms with Crippen LogP contribution in [0.5, 0.6) is 0 Å². The Morgan fingerprint density at radius 3 is 2.37 bits per heavy atom. The number of hydrogen-bond donors (Lipinski definition) is 2. The van der Waals surface area contributed by atoms with Crippen LogP contribution in [-0.4, -0.2) is 16.4 Å². The summed E-state index contributed by atoms with van der Waals surface area (Å²) in [5.41, 5.74) is 12.5. The predicted molar refractivity (Wildman–Crippen MR) is 114 cm³/mol. The summed E-state index contributed by atoms with van der Waals surface area (Å²) in [5.74, 6) is -2.40. The zero-order chi connectivity index (χ0) is 22.4. The van der Waals surface area contributed by atoms with E-state index in [-0.39, 0.29) is 22.6 Å². The molecule has 1 amide bonds. The average Bonchev–Trinajstić information content (AvgIpc) is 2.94. The van der Waals surface area contributed by atoms with E-state index < -0.39 is 17.5 Å². The number of nitrogens with two attached hydrogens (primary N) is 2. The van der Waals surface area contributed by atoms with Crippen molar-refractivity contribution in [2.45, 2.75) is 40.5 Å². The molecule has 5 nitrogen and oxygen atoms in total. The largest absolute Gasteiger partial charge is 0.398 e. The van der Waals surface area contributed by atoms with Gasteiger partial charge in [0.2, 0.25) is 5.91 Å². The van der Waals surface area contributed by atoms with Crippen molar-refractivity contribution in [1.29, 1.82) is 0 Å². The fraction of sp³-hybridized carbons (Fsp3) is 0.304. The normalized spacial score (nSPS) is 14.8. The highest BCUT2D eigenvalue weighted by molar-refractivity contribution is 6.06. The number of anilines is 1. The highest BCUT2D eigenvalue weighted by Crippen LogP contribution is 2.43. The molecule has 158 valence electrons. The van der Waals surface area contributed by atoms with Gasteiger partial charge in [0, 0.05) is 28.8 Å². The molecule has 1 aliphatic heterocycles. The molecule has 1 aliphatic rings. The summed E-state index contributed by atoms with van der Waals surface area (Å²) in [6, 6.07) is 6.82. The topological polar surface area (TPSA) is 91.1 Å². The zero-order valence-electron chi connectivity index (χ0n) is 17.5. The highest BCUT2D eigenvalue weighted by atomic mass is 19.1. The van der Waals surface area contributed by atoms with Gasteiger partial charge in [-0.1, -0.05) is 27.7 Å². The lowest BCUT2D eigenvalue weighted by atomic mass is 9.80. The Balaban J connectivity index is 0.00000124. The van der Waals surface area contributed by atoms with Gasteiger partial charge < -0.3 is 11.5 Å². The van der Waals surface area contributed by atoms with Crippen molar-refractivity contribution in [3.05, 3.63) is 53.2 Å². The number of hydrogen-bond acceptors (Lipinski definition) is 3. The van der Waals surface area contributed by atoms with Crippen LogP contribution in [0.15, 0.2) is 30.3 Å². The molecule has 0 spiro atoms. The van der Waals surface area contributed by atoms with E-state index in [0.717, 1.165) is 0 Å². The van der Waals surface area contributed by atoms with Crippen molar-refractivity contribution in [1.82, 2.24) is 4.57 Å². The van der Waals surface area contributed by atoms with Gasteiger partial charge in [0.15, 0.2) is 0 Å². The van der Waals surface area contributed by atoms with Crippen LogP contribution < -0.4 is 11.5 Å². The quantitative estimate of drug-likeness (QED) is 0.585. The van der Waals surface area contributed by atoms with Gasteiger partial charge in [-0.3, -0.25) is 14.2 Å². The number of aromatic nitrogens is 1. The van der Waals surface area contributed by atoms with Crippen molar-refractivity contribution >= 4 is 28.4 Å². The summed E-state index contributed by atoms with van der Waals surface area (Å²) >= 11 is 0. The molecular weight excluding hydrogens is 388 g/mol. The van der Waals surface area contributed by atoms with E-state index in [9.17, 15) is 18.4 Å². The van der Waals surface area contributed by atoms with E-state index in [4.69, 9.17) is 11.5 Å².